The van der Waals surface area contributed by atoms with Crippen molar-refractivity contribution in [1.82, 2.24) is 4.90 Å². The quantitative estimate of drug-likeness (QED) is 0.0390. The molecule has 0 amide bonds. The van der Waals surface area contributed by atoms with Gasteiger partial charge in [0.05, 0.1) is 13.3 Å². The van der Waals surface area contributed by atoms with Gasteiger partial charge < -0.3 is 19.7 Å². The minimum absolute atomic E-state index is 0.0191. The number of ether oxygens (including phenoxy) is 2. The van der Waals surface area contributed by atoms with Crippen LogP contribution in [0, 0.1) is 0 Å². The predicted molar refractivity (Wildman–Crippen MR) is 209 cm³/mol. The zero-order valence-corrected chi connectivity index (χ0v) is 32.3. The van der Waals surface area contributed by atoms with Crippen LogP contribution in [0.15, 0.2) is 48.6 Å². The van der Waals surface area contributed by atoms with Gasteiger partial charge in [0.15, 0.2) is 0 Å². The smallest absolute Gasteiger partial charge is 0.138 e. The van der Waals surface area contributed by atoms with E-state index < -0.39 is 12.3 Å². The normalized spacial score (nSPS) is 13.9. The fraction of sp³-hybridized carbons (Fsp3) is 0.814. The molecular formula is C43H81NO4. The van der Waals surface area contributed by atoms with Gasteiger partial charge in [0.25, 0.3) is 0 Å². The fourth-order valence-corrected chi connectivity index (χ4v) is 5.70. The molecule has 0 saturated carbocycles. The van der Waals surface area contributed by atoms with Crippen molar-refractivity contribution in [3.05, 3.63) is 48.6 Å². The number of rotatable bonds is 37. The highest BCUT2D eigenvalue weighted by Gasteiger charge is 2.28. The molecule has 0 aromatic rings. The zero-order valence-electron chi connectivity index (χ0n) is 32.3. The largest absolute Gasteiger partial charge is 0.381 e. The molecule has 0 bridgehead atoms. The highest BCUT2D eigenvalue weighted by atomic mass is 16.5. The van der Waals surface area contributed by atoms with E-state index in [1.807, 2.05) is 13.8 Å². The van der Waals surface area contributed by atoms with Crippen molar-refractivity contribution in [1.29, 1.82) is 0 Å². The van der Waals surface area contributed by atoms with E-state index in [4.69, 9.17) is 9.47 Å². The second kappa shape index (κ2) is 38.6. The number of hydrogen-bond acceptors (Lipinski definition) is 5. The molecule has 0 aromatic heterocycles. The minimum atomic E-state index is -0.879. The molecule has 0 aromatic carbocycles. The molecule has 0 spiro atoms. The Morgan fingerprint density at radius 1 is 0.521 bits per heavy atom. The first-order chi connectivity index (χ1) is 23.6. The third-order valence-corrected chi connectivity index (χ3v) is 8.95. The Hall–Kier alpha value is -1.24. The summed E-state index contributed by atoms with van der Waals surface area (Å²) in [6.45, 7) is 9.91. The van der Waals surface area contributed by atoms with Crippen molar-refractivity contribution < 1.29 is 19.7 Å². The molecule has 0 aliphatic rings. The third kappa shape index (κ3) is 32.0. The molecule has 0 saturated heterocycles. The van der Waals surface area contributed by atoms with Gasteiger partial charge in [-0.3, -0.25) is 4.90 Å². The lowest BCUT2D eigenvalue weighted by molar-refractivity contribution is -0.161. The van der Waals surface area contributed by atoms with Crippen molar-refractivity contribution in [2.24, 2.45) is 0 Å². The Balaban J connectivity index is 3.99. The van der Waals surface area contributed by atoms with E-state index in [9.17, 15) is 10.2 Å². The summed E-state index contributed by atoms with van der Waals surface area (Å²) in [5, 5.41) is 20.8. The van der Waals surface area contributed by atoms with Gasteiger partial charge in [-0.2, -0.15) is 0 Å². The lowest BCUT2D eigenvalue weighted by atomic mass is 10.1. The molecule has 0 fully saturated rings. The van der Waals surface area contributed by atoms with Gasteiger partial charge in [0.2, 0.25) is 0 Å². The molecule has 2 atom stereocenters. The van der Waals surface area contributed by atoms with E-state index in [1.54, 1.807) is 4.90 Å². The molecule has 282 valence electrons. The number of unbranched alkanes of at least 4 members (excludes halogenated alkanes) is 18. The molecule has 0 rings (SSSR count). The molecule has 48 heavy (non-hydrogen) atoms. The average Bonchev–Trinajstić information content (AvgIpc) is 3.08. The van der Waals surface area contributed by atoms with Gasteiger partial charge in [0, 0.05) is 19.3 Å². The highest BCUT2D eigenvalue weighted by molar-refractivity contribution is 4.93. The van der Waals surface area contributed by atoms with Gasteiger partial charge in [0.1, 0.15) is 12.3 Å². The number of hydrogen-bond donors (Lipinski definition) is 2. The van der Waals surface area contributed by atoms with Crippen LogP contribution >= 0.6 is 0 Å². The first-order valence-corrected chi connectivity index (χ1v) is 20.4. The molecule has 5 nitrogen and oxygen atoms in total. The van der Waals surface area contributed by atoms with Crippen LogP contribution in [0.4, 0.5) is 0 Å². The average molecular weight is 676 g/mol. The van der Waals surface area contributed by atoms with Crippen molar-refractivity contribution >= 4 is 0 Å². The van der Waals surface area contributed by atoms with Crippen LogP contribution in [-0.2, 0) is 9.47 Å². The van der Waals surface area contributed by atoms with Gasteiger partial charge >= 0.3 is 0 Å². The molecule has 2 unspecified atom stereocenters. The van der Waals surface area contributed by atoms with Gasteiger partial charge in [-0.1, -0.05) is 140 Å². The van der Waals surface area contributed by atoms with Crippen LogP contribution in [0.3, 0.4) is 0 Å². The molecule has 0 heterocycles. The lowest BCUT2D eigenvalue weighted by Gasteiger charge is -2.34. The second-order valence-corrected chi connectivity index (χ2v) is 13.8. The van der Waals surface area contributed by atoms with Crippen molar-refractivity contribution in [2.45, 2.75) is 200 Å². The van der Waals surface area contributed by atoms with E-state index in [1.165, 1.54) is 122 Å². The van der Waals surface area contributed by atoms with Crippen molar-refractivity contribution in [3.8, 4) is 0 Å². The van der Waals surface area contributed by atoms with Crippen LogP contribution in [0.25, 0.3) is 0 Å². The predicted octanol–water partition coefficient (Wildman–Crippen LogP) is 12.0. The Kier molecular flexibility index (Phi) is 37.6. The maximum absolute atomic E-state index is 11.0. The topological polar surface area (TPSA) is 62.2 Å². The SMILES string of the molecule is CCCCC/C=C\C/C=C\CCCCCCCCOCC(OCCCCCCCC/C=C\C/C=C\CCCCC)C(O)N(CO)C(C)C. The number of allylic oxidation sites excluding steroid dienone is 8. The summed E-state index contributed by atoms with van der Waals surface area (Å²) in [5.74, 6) is 0. The summed E-state index contributed by atoms with van der Waals surface area (Å²) < 4.78 is 12.1. The molecule has 5 heteroatoms. The van der Waals surface area contributed by atoms with E-state index >= 15 is 0 Å². The van der Waals surface area contributed by atoms with E-state index in [-0.39, 0.29) is 12.8 Å². The van der Waals surface area contributed by atoms with Gasteiger partial charge in [-0.05, 0) is 90.9 Å². The van der Waals surface area contributed by atoms with Crippen LogP contribution in [-0.4, -0.2) is 60.0 Å². The van der Waals surface area contributed by atoms with Crippen LogP contribution in [0.5, 0.6) is 0 Å². The minimum Gasteiger partial charge on any atom is -0.381 e. The summed E-state index contributed by atoms with van der Waals surface area (Å²) in [7, 11) is 0. The monoisotopic (exact) mass is 676 g/mol. The van der Waals surface area contributed by atoms with Crippen molar-refractivity contribution in [2.75, 3.05) is 26.6 Å². The maximum Gasteiger partial charge on any atom is 0.138 e. The van der Waals surface area contributed by atoms with Crippen LogP contribution < -0.4 is 0 Å². The summed E-state index contributed by atoms with van der Waals surface area (Å²) >= 11 is 0. The molecule has 2 N–H and O–H groups in total. The molecule has 0 aliphatic heterocycles. The molecule has 0 aliphatic carbocycles. The number of aliphatic hydroxyl groups is 2. The molecular weight excluding hydrogens is 594 g/mol. The Morgan fingerprint density at radius 2 is 0.917 bits per heavy atom. The zero-order chi connectivity index (χ0) is 35.2. The van der Waals surface area contributed by atoms with Gasteiger partial charge in [-0.25, -0.2) is 0 Å². The Labute approximate surface area is 299 Å². The first-order valence-electron chi connectivity index (χ1n) is 20.4. The Bertz CT molecular complexity index is 747. The first kappa shape index (κ1) is 46.8. The summed E-state index contributed by atoms with van der Waals surface area (Å²) in [6, 6.07) is 0.0191. The number of nitrogens with zero attached hydrogens (tertiary/aromatic N) is 1. The standard InChI is InChI=1S/C43H81NO4/c1-5-7-9-11-13-15-17-19-21-23-25-27-29-31-33-35-37-47-39-42(43(46)44(40-45)41(3)4)48-38-36-34-32-30-28-26-24-22-20-18-16-14-12-10-8-6-2/h13-16,19-22,41-43,45-46H,5-12,17-18,23-40H2,1-4H3/b15-13-,16-14-,21-19-,22-20-. The summed E-state index contributed by atoms with van der Waals surface area (Å²) in [6.07, 6.45) is 46.5. The van der Waals surface area contributed by atoms with Gasteiger partial charge in [-0.15, -0.1) is 0 Å². The van der Waals surface area contributed by atoms with E-state index in [0.717, 1.165) is 32.1 Å². The van der Waals surface area contributed by atoms with Crippen LogP contribution in [0.2, 0.25) is 0 Å². The number of aliphatic hydroxyl groups excluding tert-OH is 2. The second-order valence-electron chi connectivity index (χ2n) is 13.8. The van der Waals surface area contributed by atoms with E-state index in [0.29, 0.717) is 19.8 Å². The fourth-order valence-electron chi connectivity index (χ4n) is 5.70. The lowest BCUT2D eigenvalue weighted by Crippen LogP contribution is -2.50. The van der Waals surface area contributed by atoms with E-state index in [2.05, 4.69) is 62.5 Å². The van der Waals surface area contributed by atoms with Crippen LogP contribution in [0.1, 0.15) is 182 Å². The molecule has 0 radical (unpaired) electrons. The maximum atomic E-state index is 11.0. The Morgan fingerprint density at radius 3 is 1.33 bits per heavy atom. The summed E-state index contributed by atoms with van der Waals surface area (Å²) in [5.41, 5.74) is 0. The third-order valence-electron chi connectivity index (χ3n) is 8.95. The highest BCUT2D eigenvalue weighted by Crippen LogP contribution is 2.14. The summed E-state index contributed by atoms with van der Waals surface area (Å²) in [4.78, 5) is 1.66. The van der Waals surface area contributed by atoms with Crippen molar-refractivity contribution in [3.63, 3.8) is 0 Å².